The second kappa shape index (κ2) is 5.30. The quantitative estimate of drug-likeness (QED) is 0.791. The van der Waals surface area contributed by atoms with Crippen LogP contribution in [0.15, 0.2) is 18.2 Å². The zero-order chi connectivity index (χ0) is 14.0. The number of hydrogen-bond donors (Lipinski definition) is 3. The van der Waals surface area contributed by atoms with Gasteiger partial charge in [-0.1, -0.05) is 11.6 Å². The zero-order valence-corrected chi connectivity index (χ0v) is 11.4. The molecule has 1 aromatic carbocycles. The number of carboxylic acids is 1. The van der Waals surface area contributed by atoms with Crippen molar-refractivity contribution in [2.24, 2.45) is 0 Å². The van der Waals surface area contributed by atoms with E-state index in [1.54, 1.807) is 0 Å². The highest BCUT2D eigenvalue weighted by atomic mass is 35.5. The molecule has 0 radical (unpaired) electrons. The van der Waals surface area contributed by atoms with Gasteiger partial charge in [-0.3, -0.25) is 4.79 Å². The molecule has 0 aliphatic carbocycles. The van der Waals surface area contributed by atoms with Crippen molar-refractivity contribution in [3.05, 3.63) is 28.8 Å². The van der Waals surface area contributed by atoms with Gasteiger partial charge in [-0.15, -0.1) is 0 Å². The van der Waals surface area contributed by atoms with Crippen molar-refractivity contribution in [3.8, 4) is 5.75 Å². The van der Waals surface area contributed by atoms with Gasteiger partial charge in [0.25, 0.3) is 5.91 Å². The topological polar surface area (TPSA) is 86.6 Å². The Morgan fingerprint density at radius 3 is 2.68 bits per heavy atom. The zero-order valence-electron chi connectivity index (χ0n) is 9.85. The number of carboxylic acid groups (broad SMARTS) is 1. The molecule has 1 aromatic rings. The summed E-state index contributed by atoms with van der Waals surface area (Å²) in [4.78, 5) is 23.4. The summed E-state index contributed by atoms with van der Waals surface area (Å²) in [6.45, 7) is 0. The molecular weight excluding hydrogens is 290 g/mol. The lowest BCUT2D eigenvalue weighted by atomic mass is 9.98. The molecule has 2 rings (SSSR count). The van der Waals surface area contributed by atoms with Gasteiger partial charge in [0.15, 0.2) is 0 Å². The maximum absolute atomic E-state index is 12.1. The van der Waals surface area contributed by atoms with Gasteiger partial charge >= 0.3 is 5.97 Å². The first kappa shape index (κ1) is 14.0. The third-order valence-electron chi connectivity index (χ3n) is 2.99. The Labute approximate surface area is 119 Å². The molecule has 0 aromatic heterocycles. The Morgan fingerprint density at radius 1 is 1.42 bits per heavy atom. The summed E-state index contributed by atoms with van der Waals surface area (Å²) in [5, 5.41) is 21.7. The van der Waals surface area contributed by atoms with Gasteiger partial charge in [-0.05, 0) is 30.4 Å². The smallest absolute Gasteiger partial charge is 0.330 e. The molecule has 19 heavy (non-hydrogen) atoms. The van der Waals surface area contributed by atoms with Crippen molar-refractivity contribution in [2.45, 2.75) is 12.0 Å². The highest BCUT2D eigenvalue weighted by molar-refractivity contribution is 7.99. The number of halogens is 1. The molecule has 1 atom stereocenters. The summed E-state index contributed by atoms with van der Waals surface area (Å²) in [7, 11) is 0. The minimum atomic E-state index is -1.26. The van der Waals surface area contributed by atoms with Crippen molar-refractivity contribution in [1.82, 2.24) is 5.32 Å². The fourth-order valence-electron chi connectivity index (χ4n) is 1.87. The second-order valence-electron chi connectivity index (χ2n) is 4.31. The number of aliphatic carboxylic acids is 1. The number of benzene rings is 1. The minimum Gasteiger partial charge on any atom is -0.507 e. The Bertz CT molecular complexity index is 528. The highest BCUT2D eigenvalue weighted by Gasteiger charge is 2.43. The first-order valence-electron chi connectivity index (χ1n) is 5.57. The van der Waals surface area contributed by atoms with E-state index in [0.29, 0.717) is 22.9 Å². The first-order valence-corrected chi connectivity index (χ1v) is 7.10. The number of carbonyl (C=O) groups excluding carboxylic acids is 1. The Hall–Kier alpha value is -1.40. The maximum atomic E-state index is 12.1. The molecule has 1 aliphatic rings. The second-order valence-corrected chi connectivity index (χ2v) is 5.85. The summed E-state index contributed by atoms with van der Waals surface area (Å²) in [6.07, 6.45) is 0.368. The average molecular weight is 302 g/mol. The molecule has 3 N–H and O–H groups in total. The summed E-state index contributed by atoms with van der Waals surface area (Å²) in [6, 6.07) is 4.07. The van der Waals surface area contributed by atoms with E-state index >= 15 is 0 Å². The lowest BCUT2D eigenvalue weighted by Crippen LogP contribution is -2.54. The number of thioether (sulfide) groups is 1. The number of phenols is 1. The van der Waals surface area contributed by atoms with Crippen LogP contribution in [0.25, 0.3) is 0 Å². The maximum Gasteiger partial charge on any atom is 0.330 e. The largest absolute Gasteiger partial charge is 0.507 e. The predicted octanol–water partition coefficient (Wildman–Crippen LogP) is 1.74. The molecule has 0 saturated carbocycles. The third-order valence-corrected chi connectivity index (χ3v) is 4.41. The fraction of sp³-hybridized carbons (Fsp3) is 0.333. The van der Waals surface area contributed by atoms with Gasteiger partial charge in [0, 0.05) is 10.8 Å². The van der Waals surface area contributed by atoms with Crippen molar-refractivity contribution < 1.29 is 19.8 Å². The number of nitrogens with one attached hydrogen (secondary N) is 1. The number of carbonyl (C=O) groups is 2. The molecule has 7 heteroatoms. The van der Waals surface area contributed by atoms with Crippen LogP contribution in [-0.4, -0.2) is 39.1 Å². The number of amides is 1. The van der Waals surface area contributed by atoms with E-state index in [0.717, 1.165) is 0 Å². The molecule has 1 saturated heterocycles. The van der Waals surface area contributed by atoms with E-state index in [2.05, 4.69) is 5.32 Å². The summed E-state index contributed by atoms with van der Waals surface area (Å²) >= 11 is 7.15. The van der Waals surface area contributed by atoms with Crippen molar-refractivity contribution in [1.29, 1.82) is 0 Å². The Balaban J connectivity index is 2.22. The van der Waals surface area contributed by atoms with Crippen LogP contribution < -0.4 is 5.32 Å². The number of phenolic OH excluding ortho intramolecular Hbond substituents is 1. The van der Waals surface area contributed by atoms with Gasteiger partial charge in [-0.25, -0.2) is 4.79 Å². The van der Waals surface area contributed by atoms with E-state index in [4.69, 9.17) is 11.6 Å². The van der Waals surface area contributed by atoms with Crippen molar-refractivity contribution in [3.63, 3.8) is 0 Å². The highest BCUT2D eigenvalue weighted by Crippen LogP contribution is 2.29. The summed E-state index contributed by atoms with van der Waals surface area (Å²) in [5.74, 6) is -0.934. The summed E-state index contributed by atoms with van der Waals surface area (Å²) < 4.78 is 0. The molecule has 1 amide bonds. The van der Waals surface area contributed by atoms with Gasteiger partial charge in [0.1, 0.15) is 11.3 Å². The standard InChI is InChI=1S/C12H12ClNO4S/c13-7-1-2-8(9(15)5-7)10(16)14-12(11(17)18)3-4-19-6-12/h1-2,5,15H,3-4,6H2,(H,14,16)(H,17,18). The van der Waals surface area contributed by atoms with Crippen molar-refractivity contribution in [2.75, 3.05) is 11.5 Å². The van der Waals surface area contributed by atoms with Crippen LogP contribution in [0, 0.1) is 0 Å². The molecule has 1 aliphatic heterocycles. The van der Waals surface area contributed by atoms with Gasteiger partial charge in [-0.2, -0.15) is 11.8 Å². The van der Waals surface area contributed by atoms with Crippen LogP contribution in [0.2, 0.25) is 5.02 Å². The third kappa shape index (κ3) is 2.79. The monoisotopic (exact) mass is 301 g/mol. The van der Waals surface area contributed by atoms with Gasteiger partial charge in [0.2, 0.25) is 0 Å². The minimum absolute atomic E-state index is 0.0157. The Morgan fingerprint density at radius 2 is 2.16 bits per heavy atom. The molecule has 1 heterocycles. The Kier molecular flexibility index (Phi) is 3.91. The normalized spacial score (nSPS) is 22.2. The average Bonchev–Trinajstić information content (AvgIpc) is 2.78. The first-order chi connectivity index (χ1) is 8.94. The number of aromatic hydroxyl groups is 1. The number of hydrogen-bond acceptors (Lipinski definition) is 4. The SMILES string of the molecule is O=C(NC1(C(=O)O)CCSC1)c1ccc(Cl)cc1O. The van der Waals surface area contributed by atoms with Crippen LogP contribution in [0.5, 0.6) is 5.75 Å². The van der Waals surface area contributed by atoms with E-state index in [9.17, 15) is 19.8 Å². The molecule has 5 nitrogen and oxygen atoms in total. The lowest BCUT2D eigenvalue weighted by Gasteiger charge is -2.24. The van der Waals surface area contributed by atoms with E-state index in [1.165, 1.54) is 30.0 Å². The van der Waals surface area contributed by atoms with E-state index in [1.807, 2.05) is 0 Å². The lowest BCUT2D eigenvalue weighted by molar-refractivity contribution is -0.143. The van der Waals surface area contributed by atoms with Crippen LogP contribution in [0.1, 0.15) is 16.8 Å². The molecule has 0 bridgehead atoms. The van der Waals surface area contributed by atoms with Crippen LogP contribution in [0.3, 0.4) is 0 Å². The van der Waals surface area contributed by atoms with E-state index < -0.39 is 17.4 Å². The van der Waals surface area contributed by atoms with Crippen molar-refractivity contribution >= 4 is 35.2 Å². The fourth-order valence-corrected chi connectivity index (χ4v) is 3.36. The van der Waals surface area contributed by atoms with Crippen LogP contribution >= 0.6 is 23.4 Å². The molecule has 1 unspecified atom stereocenters. The predicted molar refractivity (Wildman–Crippen MR) is 72.9 cm³/mol. The van der Waals surface area contributed by atoms with E-state index in [-0.39, 0.29) is 11.3 Å². The molecule has 102 valence electrons. The molecule has 0 spiro atoms. The molecular formula is C12H12ClNO4S. The van der Waals surface area contributed by atoms with Crippen LogP contribution in [-0.2, 0) is 4.79 Å². The van der Waals surface area contributed by atoms with Crippen LogP contribution in [0.4, 0.5) is 0 Å². The van der Waals surface area contributed by atoms with Gasteiger partial charge < -0.3 is 15.5 Å². The molecule has 1 fully saturated rings. The van der Waals surface area contributed by atoms with Gasteiger partial charge in [0.05, 0.1) is 5.56 Å². The number of rotatable bonds is 3. The summed E-state index contributed by atoms with van der Waals surface area (Å²) in [5.41, 5.74) is -1.24.